The molecule has 2 rings (SSSR count). The SMILES string of the molecule is CCCOc1ccc(C(=O)O)cc1NC(=O)c1ccc(C)cc1. The number of amides is 1. The van der Waals surface area contributed by atoms with Gasteiger partial charge in [0.2, 0.25) is 0 Å². The molecule has 5 nitrogen and oxygen atoms in total. The molecule has 0 aliphatic rings. The van der Waals surface area contributed by atoms with Gasteiger partial charge in [-0.3, -0.25) is 4.79 Å². The minimum Gasteiger partial charge on any atom is -0.491 e. The third-order valence-corrected chi connectivity index (χ3v) is 3.25. The van der Waals surface area contributed by atoms with Crippen molar-refractivity contribution in [2.75, 3.05) is 11.9 Å². The molecule has 0 aliphatic carbocycles. The fraction of sp³-hybridized carbons (Fsp3) is 0.222. The van der Waals surface area contributed by atoms with Crippen molar-refractivity contribution in [2.24, 2.45) is 0 Å². The van der Waals surface area contributed by atoms with Crippen LogP contribution in [0.1, 0.15) is 39.6 Å². The molecular formula is C18H19NO4. The van der Waals surface area contributed by atoms with Crippen molar-refractivity contribution in [1.29, 1.82) is 0 Å². The molecule has 0 heterocycles. The van der Waals surface area contributed by atoms with Crippen molar-refractivity contribution in [2.45, 2.75) is 20.3 Å². The van der Waals surface area contributed by atoms with E-state index in [4.69, 9.17) is 9.84 Å². The third-order valence-electron chi connectivity index (χ3n) is 3.25. The molecule has 0 radical (unpaired) electrons. The van der Waals surface area contributed by atoms with Crippen molar-refractivity contribution in [3.05, 3.63) is 59.2 Å². The highest BCUT2D eigenvalue weighted by Crippen LogP contribution is 2.27. The zero-order valence-electron chi connectivity index (χ0n) is 13.1. The highest BCUT2D eigenvalue weighted by atomic mass is 16.5. The van der Waals surface area contributed by atoms with Crippen LogP contribution in [-0.4, -0.2) is 23.6 Å². The minimum atomic E-state index is -1.06. The maximum Gasteiger partial charge on any atom is 0.335 e. The summed E-state index contributed by atoms with van der Waals surface area (Å²) in [6.45, 7) is 4.39. The Morgan fingerprint density at radius 2 is 1.74 bits per heavy atom. The van der Waals surface area contributed by atoms with Crippen LogP contribution >= 0.6 is 0 Å². The lowest BCUT2D eigenvalue weighted by Crippen LogP contribution is -2.14. The molecule has 5 heteroatoms. The predicted octanol–water partition coefficient (Wildman–Crippen LogP) is 3.73. The molecule has 1 amide bonds. The number of carbonyl (C=O) groups excluding carboxylic acids is 1. The average Bonchev–Trinajstić information content (AvgIpc) is 2.54. The molecule has 0 atom stereocenters. The zero-order chi connectivity index (χ0) is 16.8. The summed E-state index contributed by atoms with van der Waals surface area (Å²) < 4.78 is 5.57. The van der Waals surface area contributed by atoms with Crippen LogP contribution in [0.5, 0.6) is 5.75 Å². The standard InChI is InChI=1S/C18H19NO4/c1-3-10-23-16-9-8-14(18(21)22)11-15(16)19-17(20)13-6-4-12(2)5-7-13/h4-9,11H,3,10H2,1-2H3,(H,19,20)(H,21,22). The van der Waals surface area contributed by atoms with Crippen molar-refractivity contribution >= 4 is 17.6 Å². The van der Waals surface area contributed by atoms with Crippen LogP contribution in [0.15, 0.2) is 42.5 Å². The second-order valence-corrected chi connectivity index (χ2v) is 5.18. The van der Waals surface area contributed by atoms with E-state index in [-0.39, 0.29) is 11.5 Å². The van der Waals surface area contributed by atoms with Gasteiger partial charge in [-0.15, -0.1) is 0 Å². The molecule has 0 fully saturated rings. The lowest BCUT2D eigenvalue weighted by molar-refractivity contribution is 0.0696. The van der Waals surface area contributed by atoms with Gasteiger partial charge in [-0.1, -0.05) is 24.6 Å². The van der Waals surface area contributed by atoms with Crippen LogP contribution in [0, 0.1) is 6.92 Å². The van der Waals surface area contributed by atoms with Gasteiger partial charge in [0.05, 0.1) is 17.9 Å². The Morgan fingerprint density at radius 3 is 2.35 bits per heavy atom. The van der Waals surface area contributed by atoms with Crippen molar-refractivity contribution in [3.63, 3.8) is 0 Å². The number of carboxylic acids is 1. The molecule has 23 heavy (non-hydrogen) atoms. The number of hydrogen-bond donors (Lipinski definition) is 2. The number of aryl methyl sites for hydroxylation is 1. The van der Waals surface area contributed by atoms with Gasteiger partial charge in [-0.2, -0.15) is 0 Å². The number of rotatable bonds is 6. The van der Waals surface area contributed by atoms with Gasteiger partial charge in [-0.25, -0.2) is 4.79 Å². The molecule has 2 N–H and O–H groups in total. The quantitative estimate of drug-likeness (QED) is 0.852. The highest BCUT2D eigenvalue weighted by molar-refractivity contribution is 6.05. The number of hydrogen-bond acceptors (Lipinski definition) is 3. The Labute approximate surface area is 134 Å². The molecule has 2 aromatic rings. The van der Waals surface area contributed by atoms with Crippen molar-refractivity contribution in [3.8, 4) is 5.75 Å². The average molecular weight is 313 g/mol. The summed E-state index contributed by atoms with van der Waals surface area (Å²) in [6.07, 6.45) is 0.812. The molecule has 0 saturated carbocycles. The molecule has 0 aliphatic heterocycles. The Kier molecular flexibility index (Phi) is 5.36. The van der Waals surface area contributed by atoms with Gasteiger partial charge in [0, 0.05) is 5.56 Å². The maximum atomic E-state index is 12.3. The first-order chi connectivity index (χ1) is 11.0. The summed E-state index contributed by atoms with van der Waals surface area (Å²) in [5, 5.41) is 11.8. The van der Waals surface area contributed by atoms with Gasteiger partial charge in [-0.05, 0) is 43.7 Å². The van der Waals surface area contributed by atoms with Gasteiger partial charge < -0.3 is 15.2 Å². The highest BCUT2D eigenvalue weighted by Gasteiger charge is 2.13. The monoisotopic (exact) mass is 313 g/mol. The normalized spacial score (nSPS) is 10.2. The fourth-order valence-electron chi connectivity index (χ4n) is 2.00. The first-order valence-corrected chi connectivity index (χ1v) is 7.39. The number of ether oxygens (including phenoxy) is 1. The molecule has 0 bridgehead atoms. The molecule has 2 aromatic carbocycles. The summed E-state index contributed by atoms with van der Waals surface area (Å²) >= 11 is 0. The molecular weight excluding hydrogens is 294 g/mol. The third kappa shape index (κ3) is 4.32. The fourth-order valence-corrected chi connectivity index (χ4v) is 2.00. The molecule has 0 saturated heterocycles. The summed E-state index contributed by atoms with van der Waals surface area (Å²) in [7, 11) is 0. The Balaban J connectivity index is 2.27. The van der Waals surface area contributed by atoms with E-state index >= 15 is 0 Å². The summed E-state index contributed by atoms with van der Waals surface area (Å²) in [4.78, 5) is 23.4. The lowest BCUT2D eigenvalue weighted by Gasteiger charge is -2.13. The van der Waals surface area contributed by atoms with Crippen LogP contribution in [-0.2, 0) is 0 Å². The minimum absolute atomic E-state index is 0.0908. The number of anilines is 1. The molecule has 0 spiro atoms. The Hall–Kier alpha value is -2.82. The zero-order valence-corrected chi connectivity index (χ0v) is 13.1. The summed E-state index contributed by atoms with van der Waals surface area (Å²) in [6, 6.07) is 11.5. The van der Waals surface area contributed by atoms with Crippen LogP contribution in [0.3, 0.4) is 0 Å². The lowest BCUT2D eigenvalue weighted by atomic mass is 10.1. The van der Waals surface area contributed by atoms with E-state index in [0.29, 0.717) is 23.6 Å². The summed E-state index contributed by atoms with van der Waals surface area (Å²) in [5.74, 6) is -0.913. The van der Waals surface area contributed by atoms with Gasteiger partial charge in [0.15, 0.2) is 0 Å². The molecule has 0 aromatic heterocycles. The Morgan fingerprint density at radius 1 is 1.09 bits per heavy atom. The van der Waals surface area contributed by atoms with Gasteiger partial charge in [0.1, 0.15) is 5.75 Å². The number of carbonyl (C=O) groups is 2. The predicted molar refractivity (Wildman–Crippen MR) is 88.3 cm³/mol. The first kappa shape index (κ1) is 16.5. The maximum absolute atomic E-state index is 12.3. The van der Waals surface area contributed by atoms with E-state index in [1.54, 1.807) is 18.2 Å². The van der Waals surface area contributed by atoms with Crippen LogP contribution < -0.4 is 10.1 Å². The second kappa shape index (κ2) is 7.45. The first-order valence-electron chi connectivity index (χ1n) is 7.39. The van der Waals surface area contributed by atoms with Crippen molar-refractivity contribution in [1.82, 2.24) is 0 Å². The molecule has 0 unspecified atom stereocenters. The van der Waals surface area contributed by atoms with E-state index in [0.717, 1.165) is 12.0 Å². The smallest absolute Gasteiger partial charge is 0.335 e. The molecule has 120 valence electrons. The van der Waals surface area contributed by atoms with E-state index in [1.165, 1.54) is 12.1 Å². The largest absolute Gasteiger partial charge is 0.491 e. The van der Waals surface area contributed by atoms with Gasteiger partial charge in [0.25, 0.3) is 5.91 Å². The Bertz CT molecular complexity index is 707. The van der Waals surface area contributed by atoms with E-state index in [9.17, 15) is 9.59 Å². The number of carboxylic acid groups (broad SMARTS) is 1. The van der Waals surface area contributed by atoms with E-state index in [1.807, 2.05) is 26.0 Å². The van der Waals surface area contributed by atoms with Crippen LogP contribution in [0.25, 0.3) is 0 Å². The van der Waals surface area contributed by atoms with Crippen LogP contribution in [0.2, 0.25) is 0 Å². The second-order valence-electron chi connectivity index (χ2n) is 5.18. The number of aromatic carboxylic acids is 1. The number of benzene rings is 2. The van der Waals surface area contributed by atoms with Gasteiger partial charge >= 0.3 is 5.97 Å². The van der Waals surface area contributed by atoms with Crippen molar-refractivity contribution < 1.29 is 19.4 Å². The van der Waals surface area contributed by atoms with E-state index < -0.39 is 5.97 Å². The summed E-state index contributed by atoms with van der Waals surface area (Å²) in [5.41, 5.74) is 2.00. The topological polar surface area (TPSA) is 75.6 Å². The van der Waals surface area contributed by atoms with Crippen LogP contribution in [0.4, 0.5) is 5.69 Å². The number of nitrogens with one attached hydrogen (secondary N) is 1. The van der Waals surface area contributed by atoms with E-state index in [2.05, 4.69) is 5.32 Å².